The van der Waals surface area contributed by atoms with Gasteiger partial charge in [0.05, 0.1) is 26.4 Å². The number of unbranched alkanes of at least 4 members (excludes halogenated alkanes) is 43. The zero-order valence-corrected chi connectivity index (χ0v) is 64.6. The number of hydrogen-bond acceptors (Lipinski definition) is 15. The second kappa shape index (κ2) is 67.5. The van der Waals surface area contributed by atoms with Gasteiger partial charge in [-0.15, -0.1) is 0 Å². The number of esters is 4. The first-order chi connectivity index (χ1) is 46.2. The van der Waals surface area contributed by atoms with Crippen molar-refractivity contribution in [2.24, 2.45) is 17.8 Å². The summed E-state index contributed by atoms with van der Waals surface area (Å²) in [5.74, 6) is 0.215. The van der Waals surface area contributed by atoms with Crippen molar-refractivity contribution in [1.29, 1.82) is 0 Å². The molecule has 0 bridgehead atoms. The van der Waals surface area contributed by atoms with Gasteiger partial charge in [-0.2, -0.15) is 0 Å². The smallest absolute Gasteiger partial charge is 0.462 e. The van der Waals surface area contributed by atoms with Gasteiger partial charge in [0.15, 0.2) is 12.2 Å². The summed E-state index contributed by atoms with van der Waals surface area (Å²) >= 11 is 0. The summed E-state index contributed by atoms with van der Waals surface area (Å²) in [6.45, 7) is 11.9. The first-order valence-corrected chi connectivity index (χ1v) is 42.8. The highest BCUT2D eigenvalue weighted by Crippen LogP contribution is 2.45. The first kappa shape index (κ1) is 94.1. The topological polar surface area (TPSA) is 237 Å². The van der Waals surface area contributed by atoms with Crippen molar-refractivity contribution in [3.8, 4) is 0 Å². The Balaban J connectivity index is 5.26. The van der Waals surface area contributed by atoms with E-state index in [0.29, 0.717) is 25.7 Å². The highest BCUT2D eigenvalue weighted by molar-refractivity contribution is 7.47. The van der Waals surface area contributed by atoms with Crippen LogP contribution in [-0.2, 0) is 65.4 Å². The van der Waals surface area contributed by atoms with Crippen LogP contribution in [0.1, 0.15) is 395 Å². The highest BCUT2D eigenvalue weighted by atomic mass is 31.2. The van der Waals surface area contributed by atoms with E-state index >= 15 is 0 Å². The minimum atomic E-state index is -4.96. The number of phosphoric ester groups is 2. The van der Waals surface area contributed by atoms with Crippen LogP contribution in [0.4, 0.5) is 0 Å². The van der Waals surface area contributed by atoms with Crippen LogP contribution in [0.25, 0.3) is 0 Å². The maximum atomic E-state index is 13.1. The molecule has 0 rings (SSSR count). The van der Waals surface area contributed by atoms with Crippen LogP contribution in [-0.4, -0.2) is 96.7 Å². The zero-order valence-electron chi connectivity index (χ0n) is 62.8. The summed E-state index contributed by atoms with van der Waals surface area (Å²) < 4.78 is 68.6. The molecule has 0 amide bonds. The van der Waals surface area contributed by atoms with E-state index in [1.54, 1.807) is 0 Å². The molecule has 0 saturated heterocycles. The minimum Gasteiger partial charge on any atom is -0.462 e. The number of rotatable bonds is 75. The Bertz CT molecular complexity index is 1870. The molecule has 0 aliphatic rings. The molecule has 2 unspecified atom stereocenters. The fraction of sp³-hybridized carbons (Fsp3) is 0.948. The molecule has 0 aromatic heterocycles. The average Bonchev–Trinajstić information content (AvgIpc) is 1.25. The molecule has 5 atom stereocenters. The number of aliphatic hydroxyl groups excluding tert-OH is 1. The third-order valence-electron chi connectivity index (χ3n) is 17.9. The van der Waals surface area contributed by atoms with Gasteiger partial charge in [-0.25, -0.2) is 9.13 Å². The molecule has 17 nitrogen and oxygen atoms in total. The van der Waals surface area contributed by atoms with E-state index in [1.165, 1.54) is 205 Å². The van der Waals surface area contributed by atoms with Crippen molar-refractivity contribution in [3.05, 3.63) is 0 Å². The maximum absolute atomic E-state index is 13.1. The maximum Gasteiger partial charge on any atom is 0.472 e. The first-order valence-electron chi connectivity index (χ1n) is 39.8. The molecule has 0 aliphatic carbocycles. The lowest BCUT2D eigenvalue weighted by Crippen LogP contribution is -2.30. The minimum absolute atomic E-state index is 0.106. The SMILES string of the molecule is CCCCCCCCCCCCCC(=O)OC[C@H](COP(=O)(O)OC[C@H](O)COP(=O)(O)OC[C@@H](COC(=O)CCCCCCCCCCCCCCCC(C)C)OC(=O)CCCCCCCCCCCCCCCC(C)C)OC(=O)CCCCCCCCCCCCC(C)C. The van der Waals surface area contributed by atoms with Crippen LogP contribution in [0, 0.1) is 17.8 Å². The van der Waals surface area contributed by atoms with E-state index in [2.05, 4.69) is 48.5 Å². The van der Waals surface area contributed by atoms with Gasteiger partial charge in [-0.3, -0.25) is 37.3 Å². The molecule has 0 heterocycles. The summed E-state index contributed by atoms with van der Waals surface area (Å²) in [6, 6.07) is 0. The number of hydrogen-bond donors (Lipinski definition) is 3. The predicted octanol–water partition coefficient (Wildman–Crippen LogP) is 22.6. The molecule has 0 saturated carbocycles. The summed E-state index contributed by atoms with van der Waals surface area (Å²) in [6.07, 6.45) is 54.0. The molecule has 3 N–H and O–H groups in total. The molecule has 0 aromatic carbocycles. The van der Waals surface area contributed by atoms with Gasteiger partial charge >= 0.3 is 39.5 Å². The Morgan fingerprint density at radius 3 is 0.708 bits per heavy atom. The van der Waals surface area contributed by atoms with Crippen LogP contribution in [0.2, 0.25) is 0 Å². The van der Waals surface area contributed by atoms with Crippen LogP contribution in [0.3, 0.4) is 0 Å². The standard InChI is InChI=1S/C77H150O17P2/c1-8-9-10-11-12-13-20-30-37-44-51-58-74(79)87-64-73(94-77(82)61-54-47-40-33-26-25-29-36-43-50-57-70(6)7)67-92-96(85,86)90-63-71(78)62-89-95(83,84)91-66-72(93-76(81)60-53-46-39-32-24-19-15-17-22-28-35-42-49-56-69(4)5)65-88-75(80)59-52-45-38-31-23-18-14-16-21-27-34-41-48-55-68(2)3/h68-73,78H,8-67H2,1-7H3,(H,83,84)(H,85,86)/t71-,72-,73-/m1/s1. The molecule has 0 aromatic rings. The molecular formula is C77H150O17P2. The third kappa shape index (κ3) is 70.5. The van der Waals surface area contributed by atoms with Gasteiger partial charge in [-0.05, 0) is 43.4 Å². The van der Waals surface area contributed by atoms with Gasteiger partial charge < -0.3 is 33.8 Å². The molecule has 0 radical (unpaired) electrons. The molecule has 19 heteroatoms. The van der Waals surface area contributed by atoms with E-state index in [-0.39, 0.29) is 25.7 Å². The zero-order chi connectivity index (χ0) is 70.9. The molecule has 0 spiro atoms. The Hall–Kier alpha value is -1.94. The Kier molecular flexibility index (Phi) is 66.2. The van der Waals surface area contributed by atoms with E-state index in [4.69, 9.17) is 37.0 Å². The van der Waals surface area contributed by atoms with Crippen LogP contribution in [0.15, 0.2) is 0 Å². The number of carbonyl (C=O) groups is 4. The van der Waals surface area contributed by atoms with Gasteiger partial charge in [0, 0.05) is 25.7 Å². The second-order valence-electron chi connectivity index (χ2n) is 29.2. The quantitative estimate of drug-likeness (QED) is 0.0222. The van der Waals surface area contributed by atoms with Gasteiger partial charge in [0.25, 0.3) is 0 Å². The van der Waals surface area contributed by atoms with Crippen molar-refractivity contribution >= 4 is 39.5 Å². The van der Waals surface area contributed by atoms with Crippen molar-refractivity contribution in [2.45, 2.75) is 414 Å². The molecule has 0 aliphatic heterocycles. The lowest BCUT2D eigenvalue weighted by atomic mass is 10.0. The molecule has 570 valence electrons. The lowest BCUT2D eigenvalue weighted by molar-refractivity contribution is -0.161. The van der Waals surface area contributed by atoms with E-state index in [0.717, 1.165) is 108 Å². The third-order valence-corrected chi connectivity index (χ3v) is 19.8. The molecule has 96 heavy (non-hydrogen) atoms. The number of carbonyl (C=O) groups excluding carboxylic acids is 4. The predicted molar refractivity (Wildman–Crippen MR) is 391 cm³/mol. The monoisotopic (exact) mass is 1410 g/mol. The Morgan fingerprint density at radius 2 is 0.479 bits per heavy atom. The normalized spacial score (nSPS) is 14.1. The summed E-state index contributed by atoms with van der Waals surface area (Å²) in [4.78, 5) is 72.9. The summed E-state index contributed by atoms with van der Waals surface area (Å²) in [5.41, 5.74) is 0. The van der Waals surface area contributed by atoms with Gasteiger partial charge in [0.1, 0.15) is 19.3 Å². The average molecular weight is 1410 g/mol. The van der Waals surface area contributed by atoms with E-state index in [1.807, 2.05) is 0 Å². The van der Waals surface area contributed by atoms with E-state index < -0.39 is 97.5 Å². The van der Waals surface area contributed by atoms with E-state index in [9.17, 15) is 43.2 Å². The van der Waals surface area contributed by atoms with Crippen LogP contribution in [0.5, 0.6) is 0 Å². The number of ether oxygens (including phenoxy) is 4. The van der Waals surface area contributed by atoms with Crippen molar-refractivity contribution < 1.29 is 80.2 Å². The van der Waals surface area contributed by atoms with Crippen LogP contribution < -0.4 is 0 Å². The molecule has 0 fully saturated rings. The second-order valence-corrected chi connectivity index (χ2v) is 32.1. The summed E-state index contributed by atoms with van der Waals surface area (Å²) in [5, 5.41) is 10.6. The Morgan fingerprint density at radius 1 is 0.281 bits per heavy atom. The fourth-order valence-electron chi connectivity index (χ4n) is 11.8. The lowest BCUT2D eigenvalue weighted by Gasteiger charge is -2.21. The van der Waals surface area contributed by atoms with Crippen molar-refractivity contribution in [2.75, 3.05) is 39.6 Å². The molecular weight excluding hydrogens is 1260 g/mol. The largest absolute Gasteiger partial charge is 0.472 e. The highest BCUT2D eigenvalue weighted by Gasteiger charge is 2.30. The summed E-state index contributed by atoms with van der Waals surface area (Å²) in [7, 11) is -9.91. The van der Waals surface area contributed by atoms with Gasteiger partial charge in [-0.1, -0.05) is 344 Å². The Labute approximate surface area is 588 Å². The number of phosphoric acid groups is 2. The van der Waals surface area contributed by atoms with Gasteiger partial charge in [0.2, 0.25) is 0 Å². The fourth-order valence-corrected chi connectivity index (χ4v) is 13.4. The number of aliphatic hydroxyl groups is 1. The van der Waals surface area contributed by atoms with Crippen molar-refractivity contribution in [1.82, 2.24) is 0 Å². The van der Waals surface area contributed by atoms with Crippen LogP contribution >= 0.6 is 15.6 Å². The van der Waals surface area contributed by atoms with Crippen molar-refractivity contribution in [3.63, 3.8) is 0 Å².